The molecule has 1 amide bonds. The standard InChI is InChI=1S/C27H21FN4O2/c1-18-23(27(33)32(29-18)22-11-7-4-8-12-22)15-20-17-31(21-9-5-3-6-10-21)30-26(20)19-13-14-25(34-2)24(28)16-19/h3-17H,1-2H3. The largest absolute Gasteiger partial charge is 0.494 e. The van der Waals surface area contributed by atoms with Gasteiger partial charge in [-0.3, -0.25) is 4.79 Å². The Morgan fingerprint density at radius 3 is 2.26 bits per heavy atom. The van der Waals surface area contributed by atoms with Crippen molar-refractivity contribution in [2.75, 3.05) is 12.1 Å². The minimum absolute atomic E-state index is 0.151. The highest BCUT2D eigenvalue weighted by molar-refractivity contribution is 6.32. The fourth-order valence-corrected chi connectivity index (χ4v) is 3.83. The maximum atomic E-state index is 14.5. The molecule has 1 aromatic heterocycles. The molecule has 1 aliphatic rings. The topological polar surface area (TPSA) is 59.7 Å². The molecule has 0 saturated carbocycles. The van der Waals surface area contributed by atoms with Gasteiger partial charge in [0.2, 0.25) is 0 Å². The predicted molar refractivity (Wildman–Crippen MR) is 131 cm³/mol. The minimum Gasteiger partial charge on any atom is -0.494 e. The highest BCUT2D eigenvalue weighted by Crippen LogP contribution is 2.31. The van der Waals surface area contributed by atoms with Gasteiger partial charge in [0, 0.05) is 17.3 Å². The molecule has 0 saturated heterocycles. The van der Waals surface area contributed by atoms with E-state index in [0.29, 0.717) is 33.8 Å². The number of hydrazone groups is 1. The van der Waals surface area contributed by atoms with Crippen LogP contribution in [0.1, 0.15) is 12.5 Å². The van der Waals surface area contributed by atoms with Crippen molar-refractivity contribution in [3.63, 3.8) is 0 Å². The summed E-state index contributed by atoms with van der Waals surface area (Å²) >= 11 is 0. The Balaban J connectivity index is 1.61. The molecular weight excluding hydrogens is 431 g/mol. The summed E-state index contributed by atoms with van der Waals surface area (Å²) in [4.78, 5) is 13.2. The maximum Gasteiger partial charge on any atom is 0.280 e. The normalized spacial score (nSPS) is 14.6. The number of hydrogen-bond acceptors (Lipinski definition) is 4. The molecule has 2 heterocycles. The van der Waals surface area contributed by atoms with Gasteiger partial charge in [-0.15, -0.1) is 0 Å². The molecule has 0 spiro atoms. The number of hydrogen-bond donors (Lipinski definition) is 0. The number of benzene rings is 3. The summed E-state index contributed by atoms with van der Waals surface area (Å²) in [5, 5.41) is 10.6. The first-order valence-electron chi connectivity index (χ1n) is 10.7. The lowest BCUT2D eigenvalue weighted by molar-refractivity contribution is -0.114. The van der Waals surface area contributed by atoms with Crippen LogP contribution in [0.25, 0.3) is 23.0 Å². The number of ether oxygens (including phenoxy) is 1. The van der Waals surface area contributed by atoms with Crippen LogP contribution >= 0.6 is 0 Å². The van der Waals surface area contributed by atoms with Crippen LogP contribution in [0.5, 0.6) is 5.75 Å². The molecule has 3 aromatic carbocycles. The Kier molecular flexibility index (Phi) is 5.51. The molecule has 168 valence electrons. The molecule has 0 unspecified atom stereocenters. The van der Waals surface area contributed by atoms with Gasteiger partial charge in [-0.1, -0.05) is 36.4 Å². The van der Waals surface area contributed by atoms with E-state index in [1.165, 1.54) is 18.2 Å². The predicted octanol–water partition coefficient (Wildman–Crippen LogP) is 5.49. The second-order valence-electron chi connectivity index (χ2n) is 7.76. The average molecular weight is 452 g/mol. The minimum atomic E-state index is -0.488. The zero-order valence-electron chi connectivity index (χ0n) is 18.6. The molecule has 0 bridgehead atoms. The number of aromatic nitrogens is 2. The van der Waals surface area contributed by atoms with E-state index in [-0.39, 0.29) is 11.7 Å². The molecule has 4 aromatic rings. The van der Waals surface area contributed by atoms with Crippen LogP contribution < -0.4 is 9.75 Å². The summed E-state index contributed by atoms with van der Waals surface area (Å²) in [6.07, 6.45) is 3.58. The molecule has 0 atom stereocenters. The number of para-hydroxylation sites is 2. The van der Waals surface area contributed by atoms with Gasteiger partial charge >= 0.3 is 0 Å². The van der Waals surface area contributed by atoms with Crippen LogP contribution in [0, 0.1) is 5.82 Å². The Labute approximate surface area is 196 Å². The van der Waals surface area contributed by atoms with E-state index in [1.807, 2.05) is 66.9 Å². The number of amides is 1. The molecule has 0 fully saturated rings. The van der Waals surface area contributed by atoms with Crippen molar-refractivity contribution in [1.82, 2.24) is 9.78 Å². The summed E-state index contributed by atoms with van der Waals surface area (Å²) < 4.78 is 21.3. The molecule has 7 heteroatoms. The molecule has 0 aliphatic carbocycles. The number of halogens is 1. The number of carbonyl (C=O) groups excluding carboxylic acids is 1. The van der Waals surface area contributed by atoms with Crippen LogP contribution in [0.15, 0.2) is 95.7 Å². The monoisotopic (exact) mass is 452 g/mol. The molecule has 0 N–H and O–H groups in total. The van der Waals surface area contributed by atoms with E-state index in [2.05, 4.69) is 5.10 Å². The zero-order valence-corrected chi connectivity index (χ0v) is 18.6. The second-order valence-corrected chi connectivity index (χ2v) is 7.76. The second kappa shape index (κ2) is 8.78. The number of methoxy groups -OCH3 is 1. The van der Waals surface area contributed by atoms with Crippen molar-refractivity contribution in [1.29, 1.82) is 0 Å². The summed E-state index contributed by atoms with van der Waals surface area (Å²) in [5.74, 6) is -0.570. The molecule has 34 heavy (non-hydrogen) atoms. The summed E-state index contributed by atoms with van der Waals surface area (Å²) in [5.41, 5.74) is 4.35. The van der Waals surface area contributed by atoms with Crippen LogP contribution in [0.3, 0.4) is 0 Å². The summed E-state index contributed by atoms with van der Waals surface area (Å²) in [6, 6.07) is 23.5. The first kappa shape index (κ1) is 21.3. The van der Waals surface area contributed by atoms with E-state index < -0.39 is 5.82 Å². The molecule has 1 aliphatic heterocycles. The van der Waals surface area contributed by atoms with Gasteiger partial charge in [0.1, 0.15) is 5.69 Å². The fourth-order valence-electron chi connectivity index (χ4n) is 3.83. The van der Waals surface area contributed by atoms with E-state index in [1.54, 1.807) is 29.8 Å². The highest BCUT2D eigenvalue weighted by atomic mass is 19.1. The first-order valence-corrected chi connectivity index (χ1v) is 10.7. The number of anilines is 1. The van der Waals surface area contributed by atoms with Gasteiger partial charge in [-0.25, -0.2) is 9.07 Å². The van der Waals surface area contributed by atoms with Gasteiger partial charge in [0.05, 0.1) is 29.8 Å². The van der Waals surface area contributed by atoms with E-state index in [0.717, 1.165) is 5.69 Å². The van der Waals surface area contributed by atoms with Crippen LogP contribution in [0.4, 0.5) is 10.1 Å². The molecular formula is C27H21FN4O2. The molecule has 5 rings (SSSR count). The van der Waals surface area contributed by atoms with Crippen LogP contribution in [-0.4, -0.2) is 28.5 Å². The average Bonchev–Trinajstić information content (AvgIpc) is 3.42. The van der Waals surface area contributed by atoms with Crippen LogP contribution in [-0.2, 0) is 4.79 Å². The van der Waals surface area contributed by atoms with Crippen molar-refractivity contribution < 1.29 is 13.9 Å². The van der Waals surface area contributed by atoms with Gasteiger partial charge in [-0.05, 0) is 55.5 Å². The third kappa shape index (κ3) is 3.88. The quantitative estimate of drug-likeness (QED) is 0.376. The van der Waals surface area contributed by atoms with Crippen molar-refractivity contribution >= 4 is 23.4 Å². The van der Waals surface area contributed by atoms with E-state index >= 15 is 0 Å². The van der Waals surface area contributed by atoms with Gasteiger partial charge < -0.3 is 4.74 Å². The van der Waals surface area contributed by atoms with Crippen molar-refractivity contribution in [3.05, 3.63) is 102 Å². The van der Waals surface area contributed by atoms with Crippen molar-refractivity contribution in [3.8, 4) is 22.7 Å². The number of carbonyl (C=O) groups is 1. The smallest absolute Gasteiger partial charge is 0.280 e. The summed E-state index contributed by atoms with van der Waals surface area (Å²) in [7, 11) is 1.42. The fraction of sp³-hybridized carbons (Fsp3) is 0.0741. The zero-order chi connectivity index (χ0) is 23.7. The van der Waals surface area contributed by atoms with Crippen LogP contribution in [0.2, 0.25) is 0 Å². The van der Waals surface area contributed by atoms with E-state index in [9.17, 15) is 9.18 Å². The lowest BCUT2D eigenvalue weighted by Crippen LogP contribution is -2.21. The highest BCUT2D eigenvalue weighted by Gasteiger charge is 2.29. The van der Waals surface area contributed by atoms with Crippen molar-refractivity contribution in [2.45, 2.75) is 6.92 Å². The third-order valence-corrected chi connectivity index (χ3v) is 5.55. The number of rotatable bonds is 5. The third-order valence-electron chi connectivity index (χ3n) is 5.55. The first-order chi connectivity index (χ1) is 16.5. The summed E-state index contributed by atoms with van der Waals surface area (Å²) in [6.45, 7) is 1.79. The maximum absolute atomic E-state index is 14.5. The lowest BCUT2D eigenvalue weighted by atomic mass is 10.0. The SMILES string of the molecule is COc1ccc(-c2nn(-c3ccccc3)cc2C=C2C(=O)N(c3ccccc3)N=C2C)cc1F. The molecule has 6 nitrogen and oxygen atoms in total. The Hall–Kier alpha value is -4.52. The number of nitrogens with zero attached hydrogens (tertiary/aromatic N) is 4. The Bertz CT molecular complexity index is 1430. The van der Waals surface area contributed by atoms with Gasteiger partial charge in [-0.2, -0.15) is 15.2 Å². The van der Waals surface area contributed by atoms with Crippen molar-refractivity contribution in [2.24, 2.45) is 5.10 Å². The Morgan fingerprint density at radius 2 is 1.62 bits per heavy atom. The van der Waals surface area contributed by atoms with E-state index in [4.69, 9.17) is 9.84 Å². The van der Waals surface area contributed by atoms with Gasteiger partial charge in [0.15, 0.2) is 11.6 Å². The molecule has 0 radical (unpaired) electrons. The van der Waals surface area contributed by atoms with Gasteiger partial charge in [0.25, 0.3) is 5.91 Å². The lowest BCUT2D eigenvalue weighted by Gasteiger charge is -2.11. The Morgan fingerprint density at radius 1 is 0.941 bits per heavy atom.